The first-order valence-electron chi connectivity index (χ1n) is 8.06. The zero-order valence-corrected chi connectivity index (χ0v) is 14.7. The molecule has 25 heavy (non-hydrogen) atoms. The maximum Gasteiger partial charge on any atom is 0.272 e. The molecule has 132 valence electrons. The molecule has 2 heterocycles. The number of sulfone groups is 1. The van der Waals surface area contributed by atoms with Crippen LogP contribution in [0.5, 0.6) is 0 Å². The van der Waals surface area contributed by atoms with Gasteiger partial charge in [-0.2, -0.15) is 0 Å². The number of hydrogen-bond acceptors (Lipinski definition) is 6. The molecule has 1 aromatic carbocycles. The molecule has 0 radical (unpaired) electrons. The number of aromatic nitrogens is 2. The van der Waals surface area contributed by atoms with Crippen molar-refractivity contribution in [2.75, 3.05) is 16.8 Å². The highest BCUT2D eigenvalue weighted by Crippen LogP contribution is 2.15. The monoisotopic (exact) mass is 360 g/mol. The van der Waals surface area contributed by atoms with Crippen LogP contribution in [0.3, 0.4) is 0 Å². The molecule has 1 fully saturated rings. The number of nitrogens with zero attached hydrogens (tertiary/aromatic N) is 2. The second-order valence-corrected chi connectivity index (χ2v) is 8.45. The fourth-order valence-electron chi connectivity index (χ4n) is 2.63. The van der Waals surface area contributed by atoms with Gasteiger partial charge in [-0.15, -0.1) is 10.2 Å². The highest BCUT2D eigenvalue weighted by atomic mass is 32.2. The van der Waals surface area contributed by atoms with Crippen LogP contribution in [0.1, 0.15) is 28.0 Å². The predicted octanol–water partition coefficient (Wildman–Crippen LogP) is 1.31. The van der Waals surface area contributed by atoms with E-state index in [0.717, 1.165) is 5.56 Å². The third-order valence-electron chi connectivity index (χ3n) is 4.06. The number of benzene rings is 1. The zero-order chi connectivity index (χ0) is 17.9. The lowest BCUT2D eigenvalue weighted by atomic mass is 10.1. The molecule has 1 saturated heterocycles. The van der Waals surface area contributed by atoms with E-state index in [1.165, 1.54) is 5.56 Å². The number of amides is 1. The molecule has 1 aliphatic rings. The third-order valence-corrected chi connectivity index (χ3v) is 5.82. The molecule has 1 amide bonds. The van der Waals surface area contributed by atoms with Gasteiger partial charge in [-0.25, -0.2) is 8.42 Å². The molecule has 1 aromatic heterocycles. The Kier molecular flexibility index (Phi) is 4.98. The number of aryl methyl sites for hydroxylation is 1. The van der Waals surface area contributed by atoms with Crippen LogP contribution in [0, 0.1) is 6.92 Å². The van der Waals surface area contributed by atoms with E-state index < -0.39 is 9.84 Å². The van der Waals surface area contributed by atoms with E-state index in [2.05, 4.69) is 20.8 Å². The van der Waals surface area contributed by atoms with Crippen molar-refractivity contribution in [1.29, 1.82) is 0 Å². The summed E-state index contributed by atoms with van der Waals surface area (Å²) < 4.78 is 22.9. The van der Waals surface area contributed by atoms with Gasteiger partial charge in [-0.3, -0.25) is 4.79 Å². The molecule has 8 heteroatoms. The summed E-state index contributed by atoms with van der Waals surface area (Å²) in [5.41, 5.74) is 2.39. The number of carbonyl (C=O) groups is 1. The first-order chi connectivity index (χ1) is 11.9. The number of nitrogens with one attached hydrogen (secondary N) is 2. The summed E-state index contributed by atoms with van der Waals surface area (Å²) in [4.78, 5) is 12.1. The first kappa shape index (κ1) is 17.3. The Morgan fingerprint density at radius 1 is 1.16 bits per heavy atom. The number of hydrogen-bond donors (Lipinski definition) is 2. The van der Waals surface area contributed by atoms with Gasteiger partial charge in [0.15, 0.2) is 15.5 Å². The van der Waals surface area contributed by atoms with Crippen molar-refractivity contribution in [3.05, 3.63) is 53.2 Å². The van der Waals surface area contributed by atoms with Gasteiger partial charge < -0.3 is 10.6 Å². The lowest BCUT2D eigenvalue weighted by molar-refractivity contribution is 0.0945. The summed E-state index contributed by atoms with van der Waals surface area (Å²) >= 11 is 0. The van der Waals surface area contributed by atoms with Crippen molar-refractivity contribution in [3.8, 4) is 0 Å². The van der Waals surface area contributed by atoms with Gasteiger partial charge in [0.1, 0.15) is 5.82 Å². The minimum absolute atomic E-state index is 0.105. The van der Waals surface area contributed by atoms with Crippen LogP contribution in [-0.2, 0) is 16.4 Å². The Morgan fingerprint density at radius 2 is 1.92 bits per heavy atom. The molecule has 2 aromatic rings. The fourth-order valence-corrected chi connectivity index (χ4v) is 4.30. The average molecular weight is 360 g/mol. The van der Waals surface area contributed by atoms with Crippen LogP contribution in [0.15, 0.2) is 36.4 Å². The van der Waals surface area contributed by atoms with Gasteiger partial charge >= 0.3 is 0 Å². The second-order valence-electron chi connectivity index (χ2n) is 6.22. The SMILES string of the molecule is Cc1ccc(CNC(=O)c2ccc(NC3CCS(=O)(=O)C3)nn2)cc1. The molecule has 0 aliphatic carbocycles. The van der Waals surface area contributed by atoms with Gasteiger partial charge in [-0.1, -0.05) is 29.8 Å². The van der Waals surface area contributed by atoms with Crippen molar-refractivity contribution in [1.82, 2.24) is 15.5 Å². The van der Waals surface area contributed by atoms with Crippen molar-refractivity contribution in [3.63, 3.8) is 0 Å². The molecule has 7 nitrogen and oxygen atoms in total. The number of anilines is 1. The summed E-state index contributed by atoms with van der Waals surface area (Å²) in [5.74, 6) is 0.464. The smallest absolute Gasteiger partial charge is 0.272 e. The molecule has 2 N–H and O–H groups in total. The van der Waals surface area contributed by atoms with Crippen molar-refractivity contribution < 1.29 is 13.2 Å². The highest BCUT2D eigenvalue weighted by Gasteiger charge is 2.28. The van der Waals surface area contributed by atoms with Crippen LogP contribution >= 0.6 is 0 Å². The number of rotatable bonds is 5. The summed E-state index contributed by atoms with van der Waals surface area (Å²) in [7, 11) is -2.95. The van der Waals surface area contributed by atoms with E-state index in [4.69, 9.17) is 0 Å². The van der Waals surface area contributed by atoms with Crippen molar-refractivity contribution >= 4 is 21.6 Å². The van der Waals surface area contributed by atoms with E-state index in [0.29, 0.717) is 18.8 Å². The molecule has 0 saturated carbocycles. The van der Waals surface area contributed by atoms with Crippen molar-refractivity contribution in [2.24, 2.45) is 0 Å². The molecule has 3 rings (SSSR count). The predicted molar refractivity (Wildman–Crippen MR) is 95.1 cm³/mol. The van der Waals surface area contributed by atoms with Gasteiger partial charge in [0, 0.05) is 12.6 Å². The number of carbonyl (C=O) groups excluding carboxylic acids is 1. The lowest BCUT2D eigenvalue weighted by Crippen LogP contribution is -2.25. The van der Waals surface area contributed by atoms with Gasteiger partial charge in [-0.05, 0) is 31.0 Å². The van der Waals surface area contributed by atoms with E-state index in [1.54, 1.807) is 12.1 Å². The summed E-state index contributed by atoms with van der Waals surface area (Å²) in [6, 6.07) is 11.0. The lowest BCUT2D eigenvalue weighted by Gasteiger charge is -2.11. The van der Waals surface area contributed by atoms with Crippen LogP contribution < -0.4 is 10.6 Å². The van der Waals surface area contributed by atoms with Gasteiger partial charge in [0.05, 0.1) is 11.5 Å². The van der Waals surface area contributed by atoms with Crippen LogP contribution in [0.4, 0.5) is 5.82 Å². The van der Waals surface area contributed by atoms with E-state index >= 15 is 0 Å². The Hall–Kier alpha value is -2.48. The Balaban J connectivity index is 1.54. The molecule has 1 unspecified atom stereocenters. The largest absolute Gasteiger partial charge is 0.365 e. The summed E-state index contributed by atoms with van der Waals surface area (Å²) in [5, 5.41) is 13.7. The van der Waals surface area contributed by atoms with Crippen LogP contribution in [-0.4, -0.2) is 42.1 Å². The summed E-state index contributed by atoms with van der Waals surface area (Å²) in [6.45, 7) is 2.43. The maximum absolute atomic E-state index is 12.1. The quantitative estimate of drug-likeness (QED) is 0.834. The van der Waals surface area contributed by atoms with Gasteiger partial charge in [0.25, 0.3) is 5.91 Å². The Labute approximate surface area is 146 Å². The van der Waals surface area contributed by atoms with Crippen LogP contribution in [0.2, 0.25) is 0 Å². The maximum atomic E-state index is 12.1. The zero-order valence-electron chi connectivity index (χ0n) is 13.9. The standard InChI is InChI=1S/C17H20N4O3S/c1-12-2-4-13(5-3-12)10-18-17(22)15-6-7-16(21-20-15)19-14-8-9-25(23,24)11-14/h2-7,14H,8-11H2,1H3,(H,18,22)(H,19,21). The Bertz CT molecular complexity index is 848. The van der Waals surface area contributed by atoms with Crippen LogP contribution in [0.25, 0.3) is 0 Å². The molecular formula is C17H20N4O3S. The van der Waals surface area contributed by atoms with Gasteiger partial charge in [0.2, 0.25) is 0 Å². The Morgan fingerprint density at radius 3 is 2.52 bits per heavy atom. The molecule has 0 bridgehead atoms. The topological polar surface area (TPSA) is 101 Å². The normalized spacial score (nSPS) is 18.7. The summed E-state index contributed by atoms with van der Waals surface area (Å²) in [6.07, 6.45) is 0.558. The second kappa shape index (κ2) is 7.18. The van der Waals surface area contributed by atoms with E-state index in [1.807, 2.05) is 31.2 Å². The molecular weight excluding hydrogens is 340 g/mol. The van der Waals surface area contributed by atoms with Crippen molar-refractivity contribution in [2.45, 2.75) is 25.9 Å². The minimum Gasteiger partial charge on any atom is -0.365 e. The molecule has 1 aliphatic heterocycles. The molecule has 1 atom stereocenters. The first-order valence-corrected chi connectivity index (χ1v) is 9.88. The average Bonchev–Trinajstić information content (AvgIpc) is 2.93. The van der Waals surface area contributed by atoms with E-state index in [9.17, 15) is 13.2 Å². The molecule has 0 spiro atoms. The third kappa shape index (κ3) is 4.76. The minimum atomic E-state index is -2.95. The highest BCUT2D eigenvalue weighted by molar-refractivity contribution is 7.91. The fraction of sp³-hybridized carbons (Fsp3) is 0.353. The van der Waals surface area contributed by atoms with E-state index in [-0.39, 0.29) is 29.1 Å².